The number of aromatic nitrogens is 3. The highest BCUT2D eigenvalue weighted by molar-refractivity contribution is 5.25. The Morgan fingerprint density at radius 1 is 1.33 bits per heavy atom. The molecular weight excluding hydrogens is 224 g/mol. The van der Waals surface area contributed by atoms with Crippen LogP contribution in [0.5, 0.6) is 0 Å². The summed E-state index contributed by atoms with van der Waals surface area (Å²) in [5.41, 5.74) is 2.59. The first-order valence-electron chi connectivity index (χ1n) is 6.47. The molecule has 1 aromatic heterocycles. The van der Waals surface area contributed by atoms with Gasteiger partial charge < -0.3 is 5.32 Å². The summed E-state index contributed by atoms with van der Waals surface area (Å²) in [7, 11) is 0. The van der Waals surface area contributed by atoms with Crippen molar-refractivity contribution in [2.24, 2.45) is 0 Å². The molecule has 4 nitrogen and oxygen atoms in total. The molecule has 3 rings (SSSR count). The van der Waals surface area contributed by atoms with Crippen molar-refractivity contribution in [2.75, 3.05) is 0 Å². The fourth-order valence-electron chi connectivity index (χ4n) is 1.98. The molecule has 94 valence electrons. The molecule has 0 radical (unpaired) electrons. The first-order valence-corrected chi connectivity index (χ1v) is 6.47. The molecule has 0 saturated heterocycles. The van der Waals surface area contributed by atoms with Crippen LogP contribution in [0.15, 0.2) is 30.6 Å². The lowest BCUT2D eigenvalue weighted by molar-refractivity contribution is 0.627. The van der Waals surface area contributed by atoms with E-state index in [1.807, 2.05) is 11.0 Å². The first-order chi connectivity index (χ1) is 8.81. The third kappa shape index (κ3) is 2.76. The molecule has 0 spiro atoms. The monoisotopic (exact) mass is 242 g/mol. The summed E-state index contributed by atoms with van der Waals surface area (Å²) in [6.45, 7) is 3.70. The van der Waals surface area contributed by atoms with E-state index >= 15 is 0 Å². The van der Waals surface area contributed by atoms with Crippen molar-refractivity contribution in [2.45, 2.75) is 38.9 Å². The predicted octanol–water partition coefficient (Wildman–Crippen LogP) is 1.89. The van der Waals surface area contributed by atoms with Gasteiger partial charge in [0.05, 0.1) is 13.1 Å². The zero-order chi connectivity index (χ0) is 12.4. The van der Waals surface area contributed by atoms with Crippen LogP contribution in [0.4, 0.5) is 0 Å². The summed E-state index contributed by atoms with van der Waals surface area (Å²) in [5, 5.41) is 7.91. The van der Waals surface area contributed by atoms with Gasteiger partial charge in [-0.2, -0.15) is 5.10 Å². The molecule has 1 aliphatic rings. The molecule has 18 heavy (non-hydrogen) atoms. The van der Waals surface area contributed by atoms with E-state index in [1.54, 1.807) is 0 Å². The van der Waals surface area contributed by atoms with Crippen molar-refractivity contribution in [3.63, 3.8) is 0 Å². The average molecular weight is 242 g/mol. The van der Waals surface area contributed by atoms with Crippen LogP contribution in [-0.2, 0) is 13.1 Å². The fourth-order valence-corrected chi connectivity index (χ4v) is 1.98. The predicted molar refractivity (Wildman–Crippen MR) is 70.2 cm³/mol. The Bertz CT molecular complexity index is 528. The van der Waals surface area contributed by atoms with E-state index in [-0.39, 0.29) is 0 Å². The number of hydrogen-bond acceptors (Lipinski definition) is 3. The molecule has 1 saturated carbocycles. The highest BCUT2D eigenvalue weighted by atomic mass is 15.3. The van der Waals surface area contributed by atoms with Gasteiger partial charge in [-0.05, 0) is 30.9 Å². The van der Waals surface area contributed by atoms with E-state index in [1.165, 1.54) is 24.0 Å². The van der Waals surface area contributed by atoms with Crippen LogP contribution in [0.3, 0.4) is 0 Å². The topological polar surface area (TPSA) is 42.7 Å². The summed E-state index contributed by atoms with van der Waals surface area (Å²) < 4.78 is 1.91. The second kappa shape index (κ2) is 4.90. The number of hydrogen-bond donors (Lipinski definition) is 1. The zero-order valence-electron chi connectivity index (χ0n) is 10.6. The summed E-state index contributed by atoms with van der Waals surface area (Å²) in [6, 6.07) is 9.09. The van der Waals surface area contributed by atoms with Crippen molar-refractivity contribution in [3.8, 4) is 0 Å². The molecule has 0 amide bonds. The van der Waals surface area contributed by atoms with E-state index < -0.39 is 0 Å². The largest absolute Gasteiger partial charge is 0.307 e. The Labute approximate surface area is 107 Å². The van der Waals surface area contributed by atoms with Gasteiger partial charge >= 0.3 is 0 Å². The van der Waals surface area contributed by atoms with Crippen LogP contribution in [0, 0.1) is 6.92 Å². The van der Waals surface area contributed by atoms with Gasteiger partial charge in [-0.25, -0.2) is 9.67 Å². The zero-order valence-corrected chi connectivity index (χ0v) is 10.6. The minimum Gasteiger partial charge on any atom is -0.307 e. The normalized spacial score (nSPS) is 14.9. The molecule has 0 bridgehead atoms. The number of nitrogens with one attached hydrogen (secondary N) is 1. The Kier molecular flexibility index (Phi) is 3.11. The highest BCUT2D eigenvalue weighted by Gasteiger charge is 2.20. The van der Waals surface area contributed by atoms with Gasteiger partial charge in [0.25, 0.3) is 0 Å². The third-order valence-corrected chi connectivity index (χ3v) is 3.30. The van der Waals surface area contributed by atoms with Gasteiger partial charge in [0.1, 0.15) is 6.33 Å². The van der Waals surface area contributed by atoms with Crippen molar-refractivity contribution in [1.82, 2.24) is 20.1 Å². The molecule has 0 unspecified atom stereocenters. The molecule has 0 atom stereocenters. The molecule has 0 aliphatic heterocycles. The summed E-state index contributed by atoms with van der Waals surface area (Å²) >= 11 is 0. The SMILES string of the molecule is Cc1ccccc1Cn1cnc(CNC2CC2)n1. The van der Waals surface area contributed by atoms with Crippen LogP contribution >= 0.6 is 0 Å². The number of rotatable bonds is 5. The van der Waals surface area contributed by atoms with Crippen LogP contribution in [0.25, 0.3) is 0 Å². The minimum absolute atomic E-state index is 0.702. The lowest BCUT2D eigenvalue weighted by atomic mass is 10.1. The molecule has 1 aliphatic carbocycles. The Balaban J connectivity index is 1.63. The van der Waals surface area contributed by atoms with Gasteiger partial charge in [-0.15, -0.1) is 0 Å². The van der Waals surface area contributed by atoms with Crippen LogP contribution < -0.4 is 5.32 Å². The van der Waals surface area contributed by atoms with Crippen molar-refractivity contribution < 1.29 is 0 Å². The molecule has 1 fully saturated rings. The summed E-state index contributed by atoms with van der Waals surface area (Å²) in [6.07, 6.45) is 4.41. The quantitative estimate of drug-likeness (QED) is 0.870. The van der Waals surface area contributed by atoms with Crippen molar-refractivity contribution in [3.05, 3.63) is 47.5 Å². The Morgan fingerprint density at radius 3 is 2.94 bits per heavy atom. The lowest BCUT2D eigenvalue weighted by Gasteiger charge is -2.04. The maximum Gasteiger partial charge on any atom is 0.164 e. The van der Waals surface area contributed by atoms with Gasteiger partial charge in [0, 0.05) is 6.04 Å². The second-order valence-electron chi connectivity index (χ2n) is 4.94. The molecule has 1 aromatic carbocycles. The number of nitrogens with zero attached hydrogens (tertiary/aromatic N) is 3. The van der Waals surface area contributed by atoms with Crippen molar-refractivity contribution >= 4 is 0 Å². The molecule has 2 aromatic rings. The van der Waals surface area contributed by atoms with Gasteiger partial charge in [0.15, 0.2) is 5.82 Å². The van der Waals surface area contributed by atoms with Crippen LogP contribution in [0.1, 0.15) is 29.8 Å². The van der Waals surface area contributed by atoms with Gasteiger partial charge in [0.2, 0.25) is 0 Å². The molecule has 4 heteroatoms. The Hall–Kier alpha value is -1.68. The second-order valence-corrected chi connectivity index (χ2v) is 4.94. The highest BCUT2D eigenvalue weighted by Crippen LogP contribution is 2.18. The van der Waals surface area contributed by atoms with Crippen LogP contribution in [0.2, 0.25) is 0 Å². The fraction of sp³-hybridized carbons (Fsp3) is 0.429. The molecule has 1 heterocycles. The van der Waals surface area contributed by atoms with E-state index in [0.29, 0.717) is 6.04 Å². The first kappa shape index (κ1) is 11.4. The lowest BCUT2D eigenvalue weighted by Crippen LogP contribution is -2.16. The average Bonchev–Trinajstić information content (AvgIpc) is 3.10. The van der Waals surface area contributed by atoms with E-state index in [2.05, 4.69) is 46.6 Å². The maximum absolute atomic E-state index is 4.49. The molecular formula is C14H18N4. The molecule has 1 N–H and O–H groups in total. The van der Waals surface area contributed by atoms with Gasteiger partial charge in [-0.1, -0.05) is 24.3 Å². The Morgan fingerprint density at radius 2 is 2.17 bits per heavy atom. The van der Waals surface area contributed by atoms with E-state index in [9.17, 15) is 0 Å². The number of benzene rings is 1. The maximum atomic E-state index is 4.49. The summed E-state index contributed by atoms with van der Waals surface area (Å²) in [4.78, 5) is 4.33. The number of aryl methyl sites for hydroxylation is 1. The van der Waals surface area contributed by atoms with E-state index in [0.717, 1.165) is 18.9 Å². The third-order valence-electron chi connectivity index (χ3n) is 3.30. The summed E-state index contributed by atoms with van der Waals surface area (Å²) in [5.74, 6) is 0.885. The van der Waals surface area contributed by atoms with Gasteiger partial charge in [-0.3, -0.25) is 0 Å². The minimum atomic E-state index is 0.702. The smallest absolute Gasteiger partial charge is 0.164 e. The standard InChI is InChI=1S/C14H18N4/c1-11-4-2-3-5-12(11)9-18-10-16-14(17-18)8-15-13-6-7-13/h2-5,10,13,15H,6-9H2,1H3. The van der Waals surface area contributed by atoms with Crippen molar-refractivity contribution in [1.29, 1.82) is 0 Å². The van der Waals surface area contributed by atoms with E-state index in [4.69, 9.17) is 0 Å². The van der Waals surface area contributed by atoms with Crippen LogP contribution in [-0.4, -0.2) is 20.8 Å².